The molecule has 0 aliphatic heterocycles. The highest BCUT2D eigenvalue weighted by Gasteiger charge is 2.29. The lowest BCUT2D eigenvalue weighted by molar-refractivity contribution is -0.142. The van der Waals surface area contributed by atoms with Gasteiger partial charge in [0.05, 0.1) is 24.5 Å². The molecule has 0 radical (unpaired) electrons. The zero-order chi connectivity index (χ0) is 22.1. The van der Waals surface area contributed by atoms with E-state index in [1.54, 1.807) is 30.3 Å². The fourth-order valence-electron chi connectivity index (χ4n) is 2.70. The first-order chi connectivity index (χ1) is 14.3. The molecular formula is C19H23N5O6. The van der Waals surface area contributed by atoms with Gasteiger partial charge in [0.25, 0.3) is 0 Å². The van der Waals surface area contributed by atoms with Crippen molar-refractivity contribution in [2.24, 2.45) is 5.73 Å². The van der Waals surface area contributed by atoms with Gasteiger partial charge in [0.2, 0.25) is 11.8 Å². The van der Waals surface area contributed by atoms with Gasteiger partial charge in [-0.2, -0.15) is 0 Å². The summed E-state index contributed by atoms with van der Waals surface area (Å²) in [6.07, 6.45) is 2.29. The van der Waals surface area contributed by atoms with Gasteiger partial charge in [-0.05, 0) is 5.56 Å². The van der Waals surface area contributed by atoms with E-state index in [1.165, 1.54) is 12.5 Å². The third kappa shape index (κ3) is 7.02. The van der Waals surface area contributed by atoms with Crippen molar-refractivity contribution in [2.75, 3.05) is 0 Å². The Morgan fingerprint density at radius 3 is 2.23 bits per heavy atom. The Morgan fingerprint density at radius 1 is 1.00 bits per heavy atom. The molecule has 1 heterocycles. The van der Waals surface area contributed by atoms with E-state index < -0.39 is 48.3 Å². The van der Waals surface area contributed by atoms with Gasteiger partial charge in [-0.3, -0.25) is 14.4 Å². The molecule has 1 aromatic heterocycles. The summed E-state index contributed by atoms with van der Waals surface area (Å²) >= 11 is 0. The van der Waals surface area contributed by atoms with Gasteiger partial charge in [-0.25, -0.2) is 9.78 Å². The van der Waals surface area contributed by atoms with Crippen molar-refractivity contribution in [1.82, 2.24) is 20.6 Å². The van der Waals surface area contributed by atoms with E-state index in [9.17, 15) is 24.3 Å². The van der Waals surface area contributed by atoms with Crippen LogP contribution >= 0.6 is 0 Å². The second-order valence-electron chi connectivity index (χ2n) is 6.62. The van der Waals surface area contributed by atoms with Crippen LogP contribution in [0.4, 0.5) is 0 Å². The number of rotatable bonds is 11. The second kappa shape index (κ2) is 10.7. The van der Waals surface area contributed by atoms with Crippen molar-refractivity contribution < 1.29 is 29.4 Å². The van der Waals surface area contributed by atoms with Crippen LogP contribution in [-0.2, 0) is 32.0 Å². The molecule has 1 aromatic carbocycles. The number of imidazole rings is 1. The zero-order valence-corrected chi connectivity index (χ0v) is 15.9. The Morgan fingerprint density at radius 2 is 1.67 bits per heavy atom. The molecule has 11 nitrogen and oxygen atoms in total. The van der Waals surface area contributed by atoms with E-state index in [2.05, 4.69) is 20.6 Å². The molecule has 30 heavy (non-hydrogen) atoms. The van der Waals surface area contributed by atoms with E-state index in [0.29, 0.717) is 11.3 Å². The van der Waals surface area contributed by atoms with Crippen LogP contribution in [0.5, 0.6) is 0 Å². The van der Waals surface area contributed by atoms with E-state index in [-0.39, 0.29) is 12.8 Å². The van der Waals surface area contributed by atoms with Crippen LogP contribution in [0.15, 0.2) is 42.9 Å². The molecule has 2 amide bonds. The van der Waals surface area contributed by atoms with Crippen LogP contribution in [0.2, 0.25) is 0 Å². The second-order valence-corrected chi connectivity index (χ2v) is 6.62. The van der Waals surface area contributed by atoms with E-state index in [0.717, 1.165) is 0 Å². The first-order valence-corrected chi connectivity index (χ1v) is 9.08. The standard InChI is InChI=1S/C19H23N5O6/c20-13(8-16(25)26)17(27)23-14(7-12-9-21-10-22-12)18(28)24-15(19(29)30)6-11-4-2-1-3-5-11/h1-5,9-10,13-15H,6-8,20H2,(H,21,22)(H,23,27)(H,24,28)(H,25,26)(H,29,30)/t13-,14-,15-/m0/s1. The number of H-pyrrole nitrogens is 1. The van der Waals surface area contributed by atoms with Crippen LogP contribution in [0, 0.1) is 0 Å². The summed E-state index contributed by atoms with van der Waals surface area (Å²) in [5, 5.41) is 23.1. The summed E-state index contributed by atoms with van der Waals surface area (Å²) in [4.78, 5) is 54.1. The molecule has 0 saturated heterocycles. The van der Waals surface area contributed by atoms with Crippen LogP contribution in [0.3, 0.4) is 0 Å². The van der Waals surface area contributed by atoms with Crippen molar-refractivity contribution in [2.45, 2.75) is 37.4 Å². The quantitative estimate of drug-likeness (QED) is 0.270. The highest BCUT2D eigenvalue weighted by Crippen LogP contribution is 2.06. The van der Waals surface area contributed by atoms with Crippen molar-refractivity contribution >= 4 is 23.8 Å². The number of nitrogens with zero attached hydrogens (tertiary/aromatic N) is 1. The van der Waals surface area contributed by atoms with Crippen molar-refractivity contribution in [3.8, 4) is 0 Å². The Kier molecular flexibility index (Phi) is 8.06. The van der Waals surface area contributed by atoms with Gasteiger partial charge in [-0.1, -0.05) is 30.3 Å². The maximum Gasteiger partial charge on any atom is 0.326 e. The Labute approximate surface area is 171 Å². The minimum atomic E-state index is -1.36. The van der Waals surface area contributed by atoms with E-state index >= 15 is 0 Å². The molecule has 0 saturated carbocycles. The number of hydrogen-bond donors (Lipinski definition) is 6. The number of benzene rings is 1. The van der Waals surface area contributed by atoms with Crippen LogP contribution < -0.4 is 16.4 Å². The maximum absolute atomic E-state index is 12.8. The third-order valence-electron chi connectivity index (χ3n) is 4.23. The number of amides is 2. The molecule has 0 spiro atoms. The number of carbonyl (C=O) groups excluding carboxylic acids is 2. The number of aromatic nitrogens is 2. The Hall–Kier alpha value is -3.73. The first kappa shape index (κ1) is 22.6. The fraction of sp³-hybridized carbons (Fsp3) is 0.316. The molecule has 0 aliphatic rings. The number of nitrogens with two attached hydrogens (primary N) is 1. The lowest BCUT2D eigenvalue weighted by Crippen LogP contribution is -2.55. The average Bonchev–Trinajstić information content (AvgIpc) is 3.20. The van der Waals surface area contributed by atoms with Crippen LogP contribution in [0.1, 0.15) is 17.7 Å². The summed E-state index contributed by atoms with van der Waals surface area (Å²) in [5.41, 5.74) is 6.70. The minimum absolute atomic E-state index is 0.0431. The van der Waals surface area contributed by atoms with Gasteiger partial charge < -0.3 is 31.6 Å². The number of aromatic amines is 1. The number of hydrogen-bond acceptors (Lipinski definition) is 6. The molecule has 0 bridgehead atoms. The summed E-state index contributed by atoms with van der Waals surface area (Å²) in [6, 6.07) is 4.96. The number of carboxylic acids is 2. The molecule has 2 rings (SSSR count). The topological polar surface area (TPSA) is 188 Å². The Bertz CT molecular complexity index is 871. The number of aliphatic carboxylic acids is 2. The number of carbonyl (C=O) groups is 4. The average molecular weight is 417 g/mol. The normalized spacial score (nSPS) is 13.6. The van der Waals surface area contributed by atoms with Gasteiger partial charge in [0.15, 0.2) is 0 Å². The molecular weight excluding hydrogens is 394 g/mol. The molecule has 2 aromatic rings. The predicted molar refractivity (Wildman–Crippen MR) is 104 cm³/mol. The monoisotopic (exact) mass is 417 g/mol. The lowest BCUT2D eigenvalue weighted by Gasteiger charge is -2.22. The van der Waals surface area contributed by atoms with Crippen molar-refractivity contribution in [3.63, 3.8) is 0 Å². The summed E-state index contributed by atoms with van der Waals surface area (Å²) < 4.78 is 0. The predicted octanol–water partition coefficient (Wildman–Crippen LogP) is -0.949. The third-order valence-corrected chi connectivity index (χ3v) is 4.23. The molecule has 0 fully saturated rings. The fourth-order valence-corrected chi connectivity index (χ4v) is 2.70. The van der Waals surface area contributed by atoms with Gasteiger partial charge in [0.1, 0.15) is 12.1 Å². The minimum Gasteiger partial charge on any atom is -0.481 e. The maximum atomic E-state index is 12.8. The molecule has 0 unspecified atom stereocenters. The first-order valence-electron chi connectivity index (χ1n) is 9.08. The van der Waals surface area contributed by atoms with E-state index in [4.69, 9.17) is 10.8 Å². The van der Waals surface area contributed by atoms with Crippen molar-refractivity contribution in [1.29, 1.82) is 0 Å². The zero-order valence-electron chi connectivity index (χ0n) is 15.9. The molecule has 0 aliphatic carbocycles. The van der Waals surface area contributed by atoms with Gasteiger partial charge >= 0.3 is 11.9 Å². The van der Waals surface area contributed by atoms with Gasteiger partial charge in [0, 0.05) is 19.0 Å². The highest BCUT2D eigenvalue weighted by molar-refractivity contribution is 5.93. The molecule has 160 valence electrons. The highest BCUT2D eigenvalue weighted by atomic mass is 16.4. The molecule has 7 N–H and O–H groups in total. The summed E-state index contributed by atoms with van der Waals surface area (Å²) in [6.45, 7) is 0. The Balaban J connectivity index is 2.12. The largest absolute Gasteiger partial charge is 0.481 e. The molecule has 3 atom stereocenters. The number of nitrogens with one attached hydrogen (secondary N) is 3. The summed E-state index contributed by atoms with van der Waals surface area (Å²) in [5.74, 6) is -4.10. The van der Waals surface area contributed by atoms with Crippen LogP contribution in [0.25, 0.3) is 0 Å². The van der Waals surface area contributed by atoms with Gasteiger partial charge in [-0.15, -0.1) is 0 Å². The van der Waals surface area contributed by atoms with Crippen molar-refractivity contribution in [3.05, 3.63) is 54.1 Å². The van der Waals surface area contributed by atoms with E-state index in [1.807, 2.05) is 0 Å². The summed E-state index contributed by atoms with van der Waals surface area (Å²) in [7, 11) is 0. The number of carboxylic acid groups (broad SMARTS) is 2. The lowest BCUT2D eigenvalue weighted by atomic mass is 10.0. The SMILES string of the molecule is N[C@@H](CC(=O)O)C(=O)N[C@@H](Cc1c[nH]cn1)C(=O)N[C@@H](Cc1ccccc1)C(=O)O. The smallest absolute Gasteiger partial charge is 0.326 e. The molecule has 11 heteroatoms. The van der Waals surface area contributed by atoms with Crippen LogP contribution in [-0.4, -0.2) is 62.1 Å².